The lowest BCUT2D eigenvalue weighted by atomic mass is 9.96. The molecule has 7 heterocycles. The number of aliphatic hydroxyl groups is 22. The highest BCUT2D eigenvalue weighted by molar-refractivity contribution is 4.99. The van der Waals surface area contributed by atoms with Gasteiger partial charge in [-0.15, -0.1) is 0 Å². The highest BCUT2D eigenvalue weighted by atomic mass is 16.8. The number of aliphatic hydroxyl groups excluding tert-OH is 22. The van der Waals surface area contributed by atoms with Gasteiger partial charge < -0.3 is 179 Å². The highest BCUT2D eigenvalue weighted by Gasteiger charge is 2.56. The molecule has 90 heavy (non-hydrogen) atoms. The molecule has 0 unspecified atom stereocenters. The van der Waals surface area contributed by atoms with Crippen molar-refractivity contribution in [3.05, 3.63) is 0 Å². The van der Waals surface area contributed by atoms with E-state index in [1.54, 1.807) is 0 Å². The van der Waals surface area contributed by atoms with Gasteiger partial charge in [-0.3, -0.25) is 0 Å². The quantitative estimate of drug-likeness (QED) is 0.0287. The first-order valence-corrected chi connectivity index (χ1v) is 30.6. The summed E-state index contributed by atoms with van der Waals surface area (Å²) in [4.78, 5) is 0. The molecule has 7 fully saturated rings. The predicted molar refractivity (Wildman–Crippen MR) is 287 cm³/mol. The smallest absolute Gasteiger partial charge is 0.187 e. The Morgan fingerprint density at radius 3 is 0.778 bits per heavy atom. The minimum atomic E-state index is -2.16. The summed E-state index contributed by atoms with van der Waals surface area (Å²) in [6.07, 6.45) is -55.7. The van der Waals surface area contributed by atoms with Crippen molar-refractivity contribution in [2.75, 3.05) is 52.9 Å². The van der Waals surface area contributed by atoms with E-state index in [0.717, 1.165) is 38.5 Å². The maximum Gasteiger partial charge on any atom is 0.187 e. The topological polar surface area (TPSA) is 574 Å². The van der Waals surface area contributed by atoms with Crippen LogP contribution in [0.2, 0.25) is 0 Å². The minimum absolute atomic E-state index is 0.116. The second kappa shape index (κ2) is 35.7. The average molecular weight is 1320 g/mol. The van der Waals surface area contributed by atoms with Crippen molar-refractivity contribution in [3.8, 4) is 0 Å². The molecule has 7 aliphatic heterocycles. The summed E-state index contributed by atoms with van der Waals surface area (Å²) in [5, 5.41) is 236. The molecule has 35 atom stereocenters. The summed E-state index contributed by atoms with van der Waals surface area (Å²) in [5.74, 6) is 0. The first-order chi connectivity index (χ1) is 42.9. The van der Waals surface area contributed by atoms with E-state index in [2.05, 4.69) is 6.92 Å². The van der Waals surface area contributed by atoms with Gasteiger partial charge in [0, 0.05) is 6.61 Å². The lowest BCUT2D eigenvalue weighted by Gasteiger charge is -2.47. The van der Waals surface area contributed by atoms with Crippen molar-refractivity contribution in [2.24, 2.45) is 0 Å². The highest BCUT2D eigenvalue weighted by Crippen LogP contribution is 2.35. The second-order valence-electron chi connectivity index (χ2n) is 23.8. The third-order valence-electron chi connectivity index (χ3n) is 17.2. The fourth-order valence-corrected chi connectivity index (χ4v) is 11.5. The molecule has 0 radical (unpaired) electrons. The standard InChI is InChI=1S/C54H96O36/c1-2-3-4-5-6-7-8-9-10-11-12-77-48-39(70)37(68)30(61)23(85-48)16-80-51-44(75)47(90-54-43(74)36(67)29(60)22(15-57)84-54)33(64)26(88-51)19-79-50-41(72)38(69)31(62)24(86-50)17-81-52-45(76)46(89-53-42(73)35(66)28(59)21(14-56)83-53)32(63)25(87-52)18-78-49-40(71)34(65)27(58)20(13-55)82-49/h20-76H,2-19H2,1H3/t20-,21-,22-,23-,24-,25-,26-,27-,28-,29-,30-,31-,32-,33-,34+,35+,36+,37+,38+,39-,40-,41-,42-,43-,44-,45-,46+,47+,48-,49-,50-,51-,52-,53+,54+/m1/s1. The summed E-state index contributed by atoms with van der Waals surface area (Å²) in [5.41, 5.74) is 0. The molecule has 36 nitrogen and oxygen atoms in total. The van der Waals surface area contributed by atoms with Gasteiger partial charge in [-0.1, -0.05) is 64.7 Å². The Kier molecular flexibility index (Phi) is 30.1. The minimum Gasteiger partial charge on any atom is -0.394 e. The monoisotopic (exact) mass is 1320 g/mol. The van der Waals surface area contributed by atoms with E-state index in [1.807, 2.05) is 0 Å². The first kappa shape index (κ1) is 75.9. The molecule has 7 saturated heterocycles. The van der Waals surface area contributed by atoms with Crippen molar-refractivity contribution in [2.45, 2.75) is 286 Å². The molecule has 0 spiro atoms. The molecular formula is C54H96O36. The summed E-state index contributed by atoms with van der Waals surface area (Å²) in [7, 11) is 0. The van der Waals surface area contributed by atoms with Crippen molar-refractivity contribution >= 4 is 0 Å². The van der Waals surface area contributed by atoms with Gasteiger partial charge in [0.1, 0.15) is 171 Å². The molecule has 7 rings (SSSR count). The van der Waals surface area contributed by atoms with E-state index in [1.165, 1.54) is 19.3 Å². The molecule has 528 valence electrons. The molecule has 0 aromatic carbocycles. The van der Waals surface area contributed by atoms with Crippen LogP contribution in [0.1, 0.15) is 71.1 Å². The lowest BCUT2D eigenvalue weighted by molar-refractivity contribution is -0.375. The zero-order chi connectivity index (χ0) is 65.8. The van der Waals surface area contributed by atoms with E-state index < -0.39 is 261 Å². The predicted octanol–water partition coefficient (Wildman–Crippen LogP) is -11.3. The van der Waals surface area contributed by atoms with Crippen LogP contribution in [0.15, 0.2) is 0 Å². The van der Waals surface area contributed by atoms with Gasteiger partial charge in [0.25, 0.3) is 0 Å². The second-order valence-corrected chi connectivity index (χ2v) is 23.8. The van der Waals surface area contributed by atoms with E-state index in [9.17, 15) is 112 Å². The van der Waals surface area contributed by atoms with Crippen molar-refractivity contribution in [1.82, 2.24) is 0 Å². The van der Waals surface area contributed by atoms with E-state index in [-0.39, 0.29) is 6.61 Å². The summed E-state index contributed by atoms with van der Waals surface area (Å²) in [6.45, 7) is -3.82. The van der Waals surface area contributed by atoms with Crippen LogP contribution in [0, 0.1) is 0 Å². The van der Waals surface area contributed by atoms with Crippen molar-refractivity contribution in [1.29, 1.82) is 0 Å². The maximum absolute atomic E-state index is 11.7. The number of rotatable bonds is 31. The number of unbranched alkanes of at least 4 members (excludes halogenated alkanes) is 9. The molecule has 0 bridgehead atoms. The molecule has 0 amide bonds. The number of hydrogen-bond donors (Lipinski definition) is 22. The maximum atomic E-state index is 11.7. The zero-order valence-corrected chi connectivity index (χ0v) is 49.5. The Morgan fingerprint density at radius 2 is 0.467 bits per heavy atom. The Balaban J connectivity index is 1.03. The molecule has 0 aromatic heterocycles. The lowest BCUT2D eigenvalue weighted by Crippen LogP contribution is -2.66. The average Bonchev–Trinajstić information content (AvgIpc) is 1.31. The van der Waals surface area contributed by atoms with Crippen LogP contribution >= 0.6 is 0 Å². The molecule has 36 heteroatoms. The van der Waals surface area contributed by atoms with Crippen LogP contribution in [0.25, 0.3) is 0 Å². The molecule has 0 saturated carbocycles. The first-order valence-electron chi connectivity index (χ1n) is 30.6. The molecule has 22 N–H and O–H groups in total. The normalized spacial score (nSPS) is 48.0. The van der Waals surface area contributed by atoms with Gasteiger partial charge in [-0.2, -0.15) is 0 Å². The van der Waals surface area contributed by atoms with Crippen LogP contribution in [0.4, 0.5) is 0 Å². The summed E-state index contributed by atoms with van der Waals surface area (Å²) >= 11 is 0. The largest absolute Gasteiger partial charge is 0.394 e. The van der Waals surface area contributed by atoms with Crippen LogP contribution in [-0.2, 0) is 66.3 Å². The van der Waals surface area contributed by atoms with Crippen molar-refractivity contribution in [3.63, 3.8) is 0 Å². The molecule has 0 aromatic rings. The van der Waals surface area contributed by atoms with Crippen LogP contribution < -0.4 is 0 Å². The van der Waals surface area contributed by atoms with Gasteiger partial charge in [0.2, 0.25) is 0 Å². The van der Waals surface area contributed by atoms with Crippen LogP contribution in [-0.4, -0.2) is 380 Å². The molecule has 7 aliphatic rings. The third kappa shape index (κ3) is 18.4. The number of hydrogen-bond acceptors (Lipinski definition) is 36. The zero-order valence-electron chi connectivity index (χ0n) is 49.5. The Morgan fingerprint density at radius 1 is 0.233 bits per heavy atom. The Bertz CT molecular complexity index is 2030. The summed E-state index contributed by atoms with van der Waals surface area (Å²) in [6, 6.07) is 0. The van der Waals surface area contributed by atoms with Gasteiger partial charge in [-0.05, 0) is 6.42 Å². The fraction of sp³-hybridized carbons (Fsp3) is 1.00. The SMILES string of the molecule is CCCCCCCCCCCCO[C@@H]1O[C@H](CO[C@@H]2O[C@H](CO[C@@H]3O[C@H](CO[C@@H]4O[C@H](CO[C@@H]5O[C@H](CO)[C@@H](O)[C@H](O)[C@H]5O)[C@@H](O)[C@H](O[C@@H]5O[C@H](CO)[C@@H](O)[C@H](O)[C@H]5O)[C@H]4O)[C@@H](O)[C@H](O)[C@H]3O)[C@@H](O)[C@H](O[C@@H]3O[C@H](CO)[C@@H](O)[C@H](O)[C@H]3O)[C@H]2O)[C@@H](O)[C@H](O)[C@H]1O. The van der Waals surface area contributed by atoms with E-state index >= 15 is 0 Å². The van der Waals surface area contributed by atoms with E-state index in [4.69, 9.17) is 66.3 Å². The molecular weight excluding hydrogens is 1220 g/mol. The summed E-state index contributed by atoms with van der Waals surface area (Å²) < 4.78 is 79.8. The Labute approximate surface area is 516 Å². The number of ether oxygens (including phenoxy) is 14. The molecule has 0 aliphatic carbocycles. The third-order valence-corrected chi connectivity index (χ3v) is 17.2. The van der Waals surface area contributed by atoms with Gasteiger partial charge in [0.05, 0.1) is 46.2 Å². The fourth-order valence-electron chi connectivity index (χ4n) is 11.5. The van der Waals surface area contributed by atoms with Gasteiger partial charge >= 0.3 is 0 Å². The van der Waals surface area contributed by atoms with Crippen LogP contribution in [0.5, 0.6) is 0 Å². The van der Waals surface area contributed by atoms with E-state index in [0.29, 0.717) is 6.42 Å². The van der Waals surface area contributed by atoms with Gasteiger partial charge in [0.15, 0.2) is 44.0 Å². The van der Waals surface area contributed by atoms with Crippen molar-refractivity contribution < 1.29 is 179 Å². The Hall–Kier alpha value is -1.44. The van der Waals surface area contributed by atoms with Gasteiger partial charge in [-0.25, -0.2) is 0 Å². The van der Waals surface area contributed by atoms with Crippen LogP contribution in [0.3, 0.4) is 0 Å².